The van der Waals surface area contributed by atoms with Crippen LogP contribution in [-0.4, -0.2) is 0 Å². The van der Waals surface area contributed by atoms with Crippen LogP contribution < -0.4 is 0 Å². The van der Waals surface area contributed by atoms with E-state index < -0.39 is 0 Å². The Morgan fingerprint density at radius 1 is 0.182 bits per heavy atom. The molecule has 0 aliphatic carbocycles. The lowest BCUT2D eigenvalue weighted by molar-refractivity contribution is 1.79. The zero-order valence-electron chi connectivity index (χ0n) is 23.9. The van der Waals surface area contributed by atoms with Crippen molar-refractivity contribution in [2.75, 3.05) is 0 Å². The van der Waals surface area contributed by atoms with Gasteiger partial charge in [0, 0.05) is 0 Å². The first-order valence-corrected chi connectivity index (χ1v) is 15.4. The first kappa shape index (κ1) is 22.8. The molecule has 0 spiro atoms. The quantitative estimate of drug-likeness (QED) is 0.130. The van der Waals surface area contributed by atoms with E-state index in [2.05, 4.69) is 146 Å². The molecule has 200 valence electrons. The summed E-state index contributed by atoms with van der Waals surface area (Å²) in [7, 11) is 0. The van der Waals surface area contributed by atoms with Gasteiger partial charge in [-0.2, -0.15) is 0 Å². The number of benzene rings is 11. The van der Waals surface area contributed by atoms with Crippen molar-refractivity contribution < 1.29 is 0 Å². The second kappa shape index (κ2) is 8.01. The van der Waals surface area contributed by atoms with Gasteiger partial charge >= 0.3 is 0 Å². The summed E-state index contributed by atoms with van der Waals surface area (Å²) >= 11 is 0. The van der Waals surface area contributed by atoms with Gasteiger partial charge in [0.05, 0.1) is 0 Å². The maximum atomic E-state index is 2.50. The predicted molar refractivity (Wildman–Crippen MR) is 193 cm³/mol. The molecule has 0 N–H and O–H groups in total. The first-order valence-electron chi connectivity index (χ1n) is 15.4. The van der Waals surface area contributed by atoms with E-state index in [-0.39, 0.29) is 0 Å². The molecular weight excluding hydrogens is 528 g/mol. The molecule has 0 aliphatic rings. The van der Waals surface area contributed by atoms with Crippen molar-refractivity contribution in [1.82, 2.24) is 0 Å². The molecule has 0 heterocycles. The maximum absolute atomic E-state index is 2.50. The Bertz CT molecular complexity index is 3030. The van der Waals surface area contributed by atoms with Gasteiger partial charge in [0.2, 0.25) is 0 Å². The van der Waals surface area contributed by atoms with Gasteiger partial charge in [0.1, 0.15) is 0 Å². The number of fused-ring (bicyclic) bond motifs is 14. The van der Waals surface area contributed by atoms with E-state index in [0.29, 0.717) is 0 Å². The Morgan fingerprint density at radius 2 is 0.568 bits per heavy atom. The highest BCUT2D eigenvalue weighted by atomic mass is 14.2. The van der Waals surface area contributed by atoms with E-state index in [9.17, 15) is 0 Å². The molecule has 0 saturated carbocycles. The lowest BCUT2D eigenvalue weighted by Crippen LogP contribution is -1.91. The van der Waals surface area contributed by atoms with Crippen LogP contribution in [0.15, 0.2) is 146 Å². The molecule has 0 saturated heterocycles. The van der Waals surface area contributed by atoms with Crippen molar-refractivity contribution in [2.45, 2.75) is 0 Å². The molecule has 0 fully saturated rings. The Balaban J connectivity index is 1.46. The fraction of sp³-hybridized carbons (Fsp3) is 0. The molecule has 11 rings (SSSR count). The van der Waals surface area contributed by atoms with Crippen LogP contribution in [-0.2, 0) is 0 Å². The average molecular weight is 553 g/mol. The average Bonchev–Trinajstić information content (AvgIpc) is 3.09. The summed E-state index contributed by atoms with van der Waals surface area (Å²) in [6.07, 6.45) is 0. The minimum Gasteiger partial charge on any atom is -0.0616 e. The van der Waals surface area contributed by atoms with Gasteiger partial charge < -0.3 is 0 Å². The summed E-state index contributed by atoms with van der Waals surface area (Å²) in [6, 6.07) is 54.8. The standard InChI is InChI=1S/C44H24/c1-3-11-28-25(7-1)15-17-32-30(28)19-20-34-38(32)23-41-35-13-5-9-27-10-6-14-37(42(27)35)43-36-22-21-31-29-12-4-2-8-26(29)16-18-33(31)39(36)24-40(34)44(41)43/h1-24H. The molecule has 0 amide bonds. The lowest BCUT2D eigenvalue weighted by Gasteiger charge is -2.20. The molecule has 0 heteroatoms. The molecule has 0 bridgehead atoms. The van der Waals surface area contributed by atoms with Gasteiger partial charge in [-0.15, -0.1) is 0 Å². The van der Waals surface area contributed by atoms with E-state index >= 15 is 0 Å². The molecule has 0 aromatic heterocycles. The molecular formula is C44H24. The fourth-order valence-electron chi connectivity index (χ4n) is 8.45. The van der Waals surface area contributed by atoms with Crippen LogP contribution in [0.4, 0.5) is 0 Å². The van der Waals surface area contributed by atoms with Crippen LogP contribution in [0.25, 0.3) is 108 Å². The van der Waals surface area contributed by atoms with Gasteiger partial charge in [-0.1, -0.05) is 133 Å². The van der Waals surface area contributed by atoms with E-state index in [1.54, 1.807) is 0 Å². The number of hydrogen-bond donors (Lipinski definition) is 0. The summed E-state index contributed by atoms with van der Waals surface area (Å²) in [5.74, 6) is 0. The van der Waals surface area contributed by atoms with Gasteiger partial charge in [0.15, 0.2) is 0 Å². The molecule has 0 nitrogen and oxygen atoms in total. The van der Waals surface area contributed by atoms with E-state index in [1.165, 1.54) is 108 Å². The van der Waals surface area contributed by atoms with Crippen LogP contribution in [0.5, 0.6) is 0 Å². The van der Waals surface area contributed by atoms with Crippen LogP contribution >= 0.6 is 0 Å². The Hall–Kier alpha value is -5.72. The van der Waals surface area contributed by atoms with Crippen molar-refractivity contribution in [2.24, 2.45) is 0 Å². The number of rotatable bonds is 0. The van der Waals surface area contributed by atoms with Gasteiger partial charge in [-0.25, -0.2) is 0 Å². The van der Waals surface area contributed by atoms with E-state index in [1.807, 2.05) is 0 Å². The minimum absolute atomic E-state index is 1.28. The summed E-state index contributed by atoms with van der Waals surface area (Å²) in [4.78, 5) is 0. The van der Waals surface area contributed by atoms with Crippen molar-refractivity contribution >= 4 is 108 Å². The third kappa shape index (κ3) is 2.74. The highest BCUT2D eigenvalue weighted by Crippen LogP contribution is 2.48. The molecule has 0 radical (unpaired) electrons. The highest BCUT2D eigenvalue weighted by molar-refractivity contribution is 6.43. The summed E-state index contributed by atoms with van der Waals surface area (Å²) < 4.78 is 0. The Morgan fingerprint density at radius 3 is 1.23 bits per heavy atom. The second-order valence-electron chi connectivity index (χ2n) is 12.4. The van der Waals surface area contributed by atoms with E-state index in [0.717, 1.165) is 0 Å². The molecule has 0 atom stereocenters. The molecule has 11 aromatic carbocycles. The van der Waals surface area contributed by atoms with Crippen LogP contribution in [0.1, 0.15) is 0 Å². The van der Waals surface area contributed by atoms with Crippen LogP contribution in [0, 0.1) is 0 Å². The van der Waals surface area contributed by atoms with Crippen molar-refractivity contribution in [3.8, 4) is 0 Å². The first-order chi connectivity index (χ1) is 21.8. The Labute approximate surface area is 252 Å². The highest BCUT2D eigenvalue weighted by Gasteiger charge is 2.19. The molecule has 0 unspecified atom stereocenters. The minimum atomic E-state index is 1.28. The summed E-state index contributed by atoms with van der Waals surface area (Å²) in [5, 5.41) is 26.5. The zero-order chi connectivity index (χ0) is 28.5. The topological polar surface area (TPSA) is 0 Å². The number of hydrogen-bond acceptors (Lipinski definition) is 0. The van der Waals surface area contributed by atoms with Crippen molar-refractivity contribution in [3.63, 3.8) is 0 Å². The fourth-order valence-corrected chi connectivity index (χ4v) is 8.45. The molecule has 11 aromatic rings. The monoisotopic (exact) mass is 552 g/mol. The van der Waals surface area contributed by atoms with Gasteiger partial charge in [-0.05, 0) is 120 Å². The second-order valence-corrected chi connectivity index (χ2v) is 12.4. The summed E-state index contributed by atoms with van der Waals surface area (Å²) in [6.45, 7) is 0. The third-order valence-electron chi connectivity index (χ3n) is 10.3. The maximum Gasteiger partial charge on any atom is -0.00134 e. The molecule has 44 heavy (non-hydrogen) atoms. The van der Waals surface area contributed by atoms with Crippen LogP contribution in [0.3, 0.4) is 0 Å². The lowest BCUT2D eigenvalue weighted by atomic mass is 9.83. The van der Waals surface area contributed by atoms with E-state index in [4.69, 9.17) is 0 Å². The third-order valence-corrected chi connectivity index (χ3v) is 10.3. The molecule has 0 aliphatic heterocycles. The van der Waals surface area contributed by atoms with Crippen molar-refractivity contribution in [3.05, 3.63) is 146 Å². The smallest absolute Gasteiger partial charge is 0.00134 e. The predicted octanol–water partition coefficient (Wildman–Crippen LogP) is 12.7. The van der Waals surface area contributed by atoms with Gasteiger partial charge in [0.25, 0.3) is 0 Å². The normalized spacial score (nSPS) is 12.5. The Kier molecular flexibility index (Phi) is 4.15. The zero-order valence-corrected chi connectivity index (χ0v) is 23.9. The summed E-state index contributed by atoms with van der Waals surface area (Å²) in [5.41, 5.74) is 0. The largest absolute Gasteiger partial charge is 0.0616 e. The SMILES string of the molecule is c1ccc2c(c1)ccc1c2ccc2c1cc1c3cccc4cccc(c43)c3c4ccc5c6ccccc6ccc5c4cc2c13. The van der Waals surface area contributed by atoms with Crippen molar-refractivity contribution in [1.29, 1.82) is 0 Å². The van der Waals surface area contributed by atoms with Gasteiger partial charge in [-0.3, -0.25) is 0 Å². The van der Waals surface area contributed by atoms with Crippen LogP contribution in [0.2, 0.25) is 0 Å².